The molecule has 0 aliphatic carbocycles. The van der Waals surface area contributed by atoms with Gasteiger partial charge >= 0.3 is 0 Å². The number of aromatic nitrogens is 1. The molecule has 0 saturated heterocycles. The molecule has 0 atom stereocenters. The molecular weight excluding hydrogens is 370 g/mol. The molecule has 0 aliphatic rings. The molecular formula is C22H23N3O2S. The summed E-state index contributed by atoms with van der Waals surface area (Å²) in [6, 6.07) is 15.7. The first-order valence-electron chi connectivity index (χ1n) is 9.24. The number of carbonyl (C=O) groups is 2. The molecule has 3 rings (SSSR count). The van der Waals surface area contributed by atoms with Gasteiger partial charge in [-0.3, -0.25) is 14.9 Å². The van der Waals surface area contributed by atoms with Gasteiger partial charge in [0.2, 0.25) is 5.91 Å². The fraction of sp³-hybridized carbons (Fsp3) is 0.227. The molecule has 0 radical (unpaired) electrons. The maximum atomic E-state index is 12.4. The highest BCUT2D eigenvalue weighted by molar-refractivity contribution is 7.14. The molecule has 2 aromatic carbocycles. The second-order valence-corrected chi connectivity index (χ2v) is 7.33. The van der Waals surface area contributed by atoms with Crippen LogP contribution in [-0.2, 0) is 17.6 Å². The van der Waals surface area contributed by atoms with E-state index in [1.54, 1.807) is 0 Å². The maximum absolute atomic E-state index is 12.4. The van der Waals surface area contributed by atoms with Crippen molar-refractivity contribution in [1.82, 2.24) is 10.3 Å². The zero-order valence-electron chi connectivity index (χ0n) is 16.0. The molecule has 0 bridgehead atoms. The van der Waals surface area contributed by atoms with Crippen molar-refractivity contribution in [3.05, 3.63) is 70.6 Å². The van der Waals surface area contributed by atoms with Gasteiger partial charge in [0.1, 0.15) is 0 Å². The average molecular weight is 394 g/mol. The van der Waals surface area contributed by atoms with E-state index in [0.717, 1.165) is 29.7 Å². The van der Waals surface area contributed by atoms with Crippen LogP contribution in [0.3, 0.4) is 0 Å². The van der Waals surface area contributed by atoms with Crippen molar-refractivity contribution in [3.8, 4) is 11.3 Å². The molecule has 3 aromatic rings. The molecule has 6 heteroatoms. The summed E-state index contributed by atoms with van der Waals surface area (Å²) in [7, 11) is 0. The Balaban J connectivity index is 1.61. The van der Waals surface area contributed by atoms with Crippen LogP contribution in [0.1, 0.15) is 35.3 Å². The quantitative estimate of drug-likeness (QED) is 0.629. The largest absolute Gasteiger partial charge is 0.356 e. The summed E-state index contributed by atoms with van der Waals surface area (Å²) in [6.07, 6.45) is 1.73. The molecule has 0 unspecified atom stereocenters. The topological polar surface area (TPSA) is 71.1 Å². The van der Waals surface area contributed by atoms with Crippen molar-refractivity contribution in [1.29, 1.82) is 0 Å². The van der Waals surface area contributed by atoms with Gasteiger partial charge in [-0.1, -0.05) is 43.3 Å². The number of amides is 2. The van der Waals surface area contributed by atoms with Crippen LogP contribution in [0, 0.1) is 0 Å². The van der Waals surface area contributed by atoms with Crippen LogP contribution in [0.15, 0.2) is 53.9 Å². The smallest absolute Gasteiger partial charge is 0.257 e. The van der Waals surface area contributed by atoms with Gasteiger partial charge in [-0.25, -0.2) is 4.98 Å². The molecule has 5 nitrogen and oxygen atoms in total. The first kappa shape index (κ1) is 19.8. The number of thiazole rings is 1. The van der Waals surface area contributed by atoms with E-state index in [2.05, 4.69) is 22.5 Å². The van der Waals surface area contributed by atoms with E-state index in [1.807, 2.05) is 53.9 Å². The second-order valence-electron chi connectivity index (χ2n) is 6.47. The Bertz CT molecular complexity index is 947. The van der Waals surface area contributed by atoms with Gasteiger partial charge in [0.05, 0.1) is 5.69 Å². The third-order valence-electron chi connectivity index (χ3n) is 4.39. The normalized spacial score (nSPS) is 10.5. The van der Waals surface area contributed by atoms with Gasteiger partial charge in [-0.15, -0.1) is 11.3 Å². The monoisotopic (exact) mass is 393 g/mol. The minimum absolute atomic E-state index is 0.0185. The molecule has 28 heavy (non-hydrogen) atoms. The van der Waals surface area contributed by atoms with Gasteiger partial charge in [-0.2, -0.15) is 0 Å². The highest BCUT2D eigenvalue weighted by atomic mass is 32.1. The van der Waals surface area contributed by atoms with Crippen LogP contribution in [0.25, 0.3) is 11.3 Å². The molecule has 2 N–H and O–H groups in total. The van der Waals surface area contributed by atoms with Gasteiger partial charge in [-0.05, 0) is 36.1 Å². The van der Waals surface area contributed by atoms with Crippen molar-refractivity contribution in [2.24, 2.45) is 0 Å². The summed E-state index contributed by atoms with van der Waals surface area (Å²) < 4.78 is 0. The minimum atomic E-state index is -0.156. The first-order chi connectivity index (χ1) is 13.5. The Kier molecular flexibility index (Phi) is 6.55. The number of nitrogens with zero attached hydrogens (tertiary/aromatic N) is 1. The van der Waals surface area contributed by atoms with E-state index in [9.17, 15) is 9.59 Å². The molecule has 144 valence electrons. The molecule has 1 heterocycles. The molecule has 0 aliphatic heterocycles. The first-order valence-corrected chi connectivity index (χ1v) is 10.1. The fourth-order valence-electron chi connectivity index (χ4n) is 2.75. The number of anilines is 1. The highest BCUT2D eigenvalue weighted by Crippen LogP contribution is 2.25. The fourth-order valence-corrected chi connectivity index (χ4v) is 3.46. The molecule has 0 saturated carbocycles. The van der Waals surface area contributed by atoms with Crippen LogP contribution in [0.5, 0.6) is 0 Å². The van der Waals surface area contributed by atoms with Crippen LogP contribution in [0.4, 0.5) is 5.13 Å². The van der Waals surface area contributed by atoms with Crippen LogP contribution < -0.4 is 10.6 Å². The van der Waals surface area contributed by atoms with E-state index >= 15 is 0 Å². The SMILES string of the molecule is CCc1ccc(C(=O)Nc2nc(-c3ccc(CCNC(C)=O)cc3)cs2)cc1. The number of hydrogen-bond donors (Lipinski definition) is 2. The average Bonchev–Trinajstić information content (AvgIpc) is 3.16. The van der Waals surface area contributed by atoms with Crippen molar-refractivity contribution in [2.45, 2.75) is 26.7 Å². The molecule has 2 amide bonds. The van der Waals surface area contributed by atoms with Crippen molar-refractivity contribution >= 4 is 28.3 Å². The van der Waals surface area contributed by atoms with E-state index in [4.69, 9.17) is 0 Å². The number of aryl methyl sites for hydroxylation is 1. The van der Waals surface area contributed by atoms with Crippen LogP contribution >= 0.6 is 11.3 Å². The Morgan fingerprint density at radius 2 is 1.68 bits per heavy atom. The van der Waals surface area contributed by atoms with E-state index < -0.39 is 0 Å². The molecule has 0 fully saturated rings. The van der Waals surface area contributed by atoms with Crippen molar-refractivity contribution in [2.75, 3.05) is 11.9 Å². The number of hydrogen-bond acceptors (Lipinski definition) is 4. The lowest BCUT2D eigenvalue weighted by Gasteiger charge is -2.04. The van der Waals surface area contributed by atoms with Gasteiger partial charge < -0.3 is 5.32 Å². The molecule has 1 aromatic heterocycles. The summed E-state index contributed by atoms with van der Waals surface area (Å²) in [5.74, 6) is -0.174. The Morgan fingerprint density at radius 3 is 2.32 bits per heavy atom. The third-order valence-corrected chi connectivity index (χ3v) is 5.14. The summed E-state index contributed by atoms with van der Waals surface area (Å²) in [5, 5.41) is 8.17. The highest BCUT2D eigenvalue weighted by Gasteiger charge is 2.10. The number of rotatable bonds is 7. The third kappa shape index (κ3) is 5.27. The lowest BCUT2D eigenvalue weighted by Crippen LogP contribution is -2.22. The Hall–Kier alpha value is -2.99. The summed E-state index contributed by atoms with van der Waals surface area (Å²) in [4.78, 5) is 27.8. The van der Waals surface area contributed by atoms with E-state index in [0.29, 0.717) is 17.2 Å². The Morgan fingerprint density at radius 1 is 1.00 bits per heavy atom. The zero-order chi connectivity index (χ0) is 19.9. The van der Waals surface area contributed by atoms with Gasteiger partial charge in [0.15, 0.2) is 5.13 Å². The minimum Gasteiger partial charge on any atom is -0.356 e. The summed E-state index contributed by atoms with van der Waals surface area (Å²) in [6.45, 7) is 4.23. The lowest BCUT2D eigenvalue weighted by molar-refractivity contribution is -0.118. The zero-order valence-corrected chi connectivity index (χ0v) is 16.8. The lowest BCUT2D eigenvalue weighted by atomic mass is 10.1. The predicted molar refractivity (Wildman–Crippen MR) is 114 cm³/mol. The van der Waals surface area contributed by atoms with E-state index in [-0.39, 0.29) is 11.8 Å². The number of nitrogens with one attached hydrogen (secondary N) is 2. The van der Waals surface area contributed by atoms with Gasteiger partial charge in [0.25, 0.3) is 5.91 Å². The standard InChI is InChI=1S/C22H23N3O2S/c1-3-16-4-10-19(11-5-16)21(27)25-22-24-20(14-28-22)18-8-6-17(7-9-18)12-13-23-15(2)26/h4-11,14H,3,12-13H2,1-2H3,(H,23,26)(H,24,25,27). The summed E-state index contributed by atoms with van der Waals surface area (Å²) in [5.41, 5.74) is 4.80. The van der Waals surface area contributed by atoms with Gasteiger partial charge in [0, 0.05) is 30.0 Å². The second kappa shape index (κ2) is 9.28. The van der Waals surface area contributed by atoms with Crippen LogP contribution in [-0.4, -0.2) is 23.3 Å². The summed E-state index contributed by atoms with van der Waals surface area (Å²) >= 11 is 1.41. The maximum Gasteiger partial charge on any atom is 0.257 e. The molecule has 0 spiro atoms. The van der Waals surface area contributed by atoms with Crippen molar-refractivity contribution in [3.63, 3.8) is 0 Å². The van der Waals surface area contributed by atoms with E-state index in [1.165, 1.54) is 23.8 Å². The number of benzene rings is 2. The Labute approximate surface area is 168 Å². The van der Waals surface area contributed by atoms with Crippen LogP contribution in [0.2, 0.25) is 0 Å². The van der Waals surface area contributed by atoms with Crippen molar-refractivity contribution < 1.29 is 9.59 Å². The predicted octanol–water partition coefficient (Wildman–Crippen LogP) is 4.30. The number of carbonyl (C=O) groups excluding carboxylic acids is 2.